The SMILES string of the molecule is Cc1cccc(N(C(=O)CCl)C2CCS(=O)(=O)C2)c1. The Balaban J connectivity index is 2.35. The van der Waals surface area contributed by atoms with Crippen molar-refractivity contribution in [3.63, 3.8) is 0 Å². The highest BCUT2D eigenvalue weighted by atomic mass is 35.5. The van der Waals surface area contributed by atoms with Crippen molar-refractivity contribution in [2.75, 3.05) is 22.3 Å². The fourth-order valence-corrected chi connectivity index (χ4v) is 4.21. The lowest BCUT2D eigenvalue weighted by Crippen LogP contribution is -2.42. The maximum absolute atomic E-state index is 12.0. The second-order valence-corrected chi connectivity index (χ2v) is 7.29. The van der Waals surface area contributed by atoms with E-state index in [4.69, 9.17) is 11.6 Å². The van der Waals surface area contributed by atoms with Crippen molar-refractivity contribution in [3.8, 4) is 0 Å². The molecule has 6 heteroatoms. The number of carbonyl (C=O) groups is 1. The van der Waals surface area contributed by atoms with Gasteiger partial charge in [0.15, 0.2) is 9.84 Å². The molecule has 2 rings (SSSR count). The van der Waals surface area contributed by atoms with Crippen LogP contribution in [0.5, 0.6) is 0 Å². The number of halogens is 1. The van der Waals surface area contributed by atoms with E-state index in [-0.39, 0.29) is 29.3 Å². The third-order valence-electron chi connectivity index (χ3n) is 3.24. The third-order valence-corrected chi connectivity index (χ3v) is 5.22. The van der Waals surface area contributed by atoms with E-state index in [0.717, 1.165) is 5.56 Å². The summed E-state index contributed by atoms with van der Waals surface area (Å²) in [6.07, 6.45) is 0.471. The second-order valence-electron chi connectivity index (χ2n) is 4.79. The molecule has 1 unspecified atom stereocenters. The van der Waals surface area contributed by atoms with Crippen molar-refractivity contribution in [3.05, 3.63) is 29.8 Å². The number of alkyl halides is 1. The molecule has 0 saturated carbocycles. The Morgan fingerprint density at radius 2 is 2.21 bits per heavy atom. The lowest BCUT2D eigenvalue weighted by molar-refractivity contribution is -0.116. The van der Waals surface area contributed by atoms with Crippen LogP contribution in [0.25, 0.3) is 0 Å². The number of nitrogens with zero attached hydrogens (tertiary/aromatic N) is 1. The molecule has 1 fully saturated rings. The summed E-state index contributed by atoms with van der Waals surface area (Å²) in [5.41, 5.74) is 1.73. The molecule has 0 spiro atoms. The van der Waals surface area contributed by atoms with Gasteiger partial charge >= 0.3 is 0 Å². The van der Waals surface area contributed by atoms with Crippen LogP contribution < -0.4 is 4.90 Å². The molecular formula is C13H16ClNO3S. The monoisotopic (exact) mass is 301 g/mol. The van der Waals surface area contributed by atoms with Gasteiger partial charge in [-0.1, -0.05) is 12.1 Å². The Morgan fingerprint density at radius 1 is 1.47 bits per heavy atom. The Bertz CT molecular complexity index is 585. The molecule has 4 nitrogen and oxygen atoms in total. The number of carbonyl (C=O) groups excluding carboxylic acids is 1. The lowest BCUT2D eigenvalue weighted by Gasteiger charge is -2.28. The summed E-state index contributed by atoms with van der Waals surface area (Å²) in [4.78, 5) is 13.6. The van der Waals surface area contributed by atoms with Crippen molar-refractivity contribution >= 4 is 33.0 Å². The summed E-state index contributed by atoms with van der Waals surface area (Å²) >= 11 is 5.65. The van der Waals surface area contributed by atoms with Crippen LogP contribution in [0.15, 0.2) is 24.3 Å². The Kier molecular flexibility index (Phi) is 4.16. The van der Waals surface area contributed by atoms with Crippen LogP contribution in [0.4, 0.5) is 5.69 Å². The molecule has 0 N–H and O–H groups in total. The smallest absolute Gasteiger partial charge is 0.242 e. The maximum Gasteiger partial charge on any atom is 0.242 e. The highest BCUT2D eigenvalue weighted by Gasteiger charge is 2.35. The maximum atomic E-state index is 12.0. The van der Waals surface area contributed by atoms with Crippen LogP contribution in [-0.2, 0) is 14.6 Å². The van der Waals surface area contributed by atoms with Gasteiger partial charge in [-0.15, -0.1) is 11.6 Å². The zero-order chi connectivity index (χ0) is 14.0. The molecule has 0 bridgehead atoms. The van der Waals surface area contributed by atoms with E-state index in [1.54, 1.807) is 0 Å². The summed E-state index contributed by atoms with van der Waals surface area (Å²) in [5.74, 6) is -0.252. The molecule has 1 aliphatic rings. The second kappa shape index (κ2) is 5.51. The largest absolute Gasteiger partial charge is 0.307 e. The molecule has 0 aromatic heterocycles. The van der Waals surface area contributed by atoms with Crippen molar-refractivity contribution in [1.29, 1.82) is 0 Å². The molecule has 19 heavy (non-hydrogen) atoms. The van der Waals surface area contributed by atoms with Gasteiger partial charge in [0.05, 0.1) is 17.5 Å². The fourth-order valence-electron chi connectivity index (χ4n) is 2.38. The summed E-state index contributed by atoms with van der Waals surface area (Å²) in [5, 5.41) is 0. The number of benzene rings is 1. The van der Waals surface area contributed by atoms with Gasteiger partial charge in [0.25, 0.3) is 0 Å². The number of rotatable bonds is 3. The van der Waals surface area contributed by atoms with Gasteiger partial charge in [0, 0.05) is 5.69 Å². The first-order chi connectivity index (χ1) is 8.93. The average molecular weight is 302 g/mol. The Labute approximate surface area is 118 Å². The topological polar surface area (TPSA) is 54.5 Å². The van der Waals surface area contributed by atoms with Crippen LogP contribution >= 0.6 is 11.6 Å². The number of hydrogen-bond acceptors (Lipinski definition) is 3. The highest BCUT2D eigenvalue weighted by molar-refractivity contribution is 7.91. The van der Waals surface area contributed by atoms with Crippen molar-refractivity contribution in [2.45, 2.75) is 19.4 Å². The molecule has 1 aromatic carbocycles. The molecule has 1 amide bonds. The quantitative estimate of drug-likeness (QED) is 0.799. The molecule has 1 heterocycles. The van der Waals surface area contributed by atoms with Crippen LogP contribution in [-0.4, -0.2) is 37.8 Å². The number of sulfone groups is 1. The summed E-state index contributed by atoms with van der Waals surface area (Å²) in [7, 11) is -3.04. The van der Waals surface area contributed by atoms with Gasteiger partial charge in [-0.2, -0.15) is 0 Å². The van der Waals surface area contributed by atoms with Crippen molar-refractivity contribution in [2.24, 2.45) is 0 Å². The lowest BCUT2D eigenvalue weighted by atomic mass is 10.1. The first-order valence-corrected chi connectivity index (χ1v) is 8.43. The first kappa shape index (κ1) is 14.3. The summed E-state index contributed by atoms with van der Waals surface area (Å²) in [6.45, 7) is 1.93. The summed E-state index contributed by atoms with van der Waals surface area (Å²) < 4.78 is 23.2. The zero-order valence-corrected chi connectivity index (χ0v) is 12.2. The Hall–Kier alpha value is -1.07. The van der Waals surface area contributed by atoms with Crippen LogP contribution in [0.3, 0.4) is 0 Å². The van der Waals surface area contributed by atoms with E-state index in [0.29, 0.717) is 12.1 Å². The molecule has 1 aliphatic heterocycles. The highest BCUT2D eigenvalue weighted by Crippen LogP contribution is 2.25. The van der Waals surface area contributed by atoms with E-state index in [9.17, 15) is 13.2 Å². The van der Waals surface area contributed by atoms with E-state index in [1.807, 2.05) is 31.2 Å². The van der Waals surface area contributed by atoms with Gasteiger partial charge in [0.1, 0.15) is 5.88 Å². The van der Waals surface area contributed by atoms with Gasteiger partial charge in [0.2, 0.25) is 5.91 Å². The van der Waals surface area contributed by atoms with E-state index < -0.39 is 9.84 Å². The molecule has 1 aromatic rings. The molecule has 1 saturated heterocycles. The average Bonchev–Trinajstić information content (AvgIpc) is 2.69. The normalized spacial score (nSPS) is 21.3. The molecular weight excluding hydrogens is 286 g/mol. The van der Waals surface area contributed by atoms with Gasteiger partial charge in [-0.3, -0.25) is 4.79 Å². The van der Waals surface area contributed by atoms with Crippen LogP contribution in [0.2, 0.25) is 0 Å². The van der Waals surface area contributed by atoms with E-state index >= 15 is 0 Å². The number of amides is 1. The number of hydrogen-bond donors (Lipinski definition) is 0. The van der Waals surface area contributed by atoms with Gasteiger partial charge < -0.3 is 4.90 Å². The molecule has 0 radical (unpaired) electrons. The fraction of sp³-hybridized carbons (Fsp3) is 0.462. The van der Waals surface area contributed by atoms with Gasteiger partial charge in [-0.25, -0.2) is 8.42 Å². The van der Waals surface area contributed by atoms with Crippen LogP contribution in [0, 0.1) is 6.92 Å². The van der Waals surface area contributed by atoms with E-state index in [2.05, 4.69) is 0 Å². The Morgan fingerprint density at radius 3 is 2.74 bits per heavy atom. The number of anilines is 1. The standard InChI is InChI=1S/C13H16ClNO3S/c1-10-3-2-4-11(7-10)15(13(16)8-14)12-5-6-19(17,18)9-12/h2-4,7,12H,5-6,8-9H2,1H3. The minimum atomic E-state index is -3.04. The predicted molar refractivity (Wildman–Crippen MR) is 76.4 cm³/mol. The van der Waals surface area contributed by atoms with Gasteiger partial charge in [-0.05, 0) is 31.0 Å². The molecule has 0 aliphatic carbocycles. The zero-order valence-electron chi connectivity index (χ0n) is 10.7. The minimum Gasteiger partial charge on any atom is -0.307 e. The number of aryl methyl sites for hydroxylation is 1. The van der Waals surface area contributed by atoms with Crippen molar-refractivity contribution < 1.29 is 13.2 Å². The first-order valence-electron chi connectivity index (χ1n) is 6.08. The summed E-state index contributed by atoms with van der Waals surface area (Å²) in [6, 6.07) is 7.15. The molecule has 1 atom stereocenters. The minimum absolute atomic E-state index is 0.0174. The van der Waals surface area contributed by atoms with E-state index in [1.165, 1.54) is 4.90 Å². The third kappa shape index (κ3) is 3.28. The van der Waals surface area contributed by atoms with Crippen LogP contribution in [0.1, 0.15) is 12.0 Å². The van der Waals surface area contributed by atoms with Crippen molar-refractivity contribution in [1.82, 2.24) is 0 Å². The molecule has 104 valence electrons. The predicted octanol–water partition coefficient (Wildman–Crippen LogP) is 1.75.